The zero-order valence-electron chi connectivity index (χ0n) is 14.4. The highest BCUT2D eigenvalue weighted by atomic mass is 35.5. The predicted octanol–water partition coefficient (Wildman–Crippen LogP) is 3.61. The van der Waals surface area contributed by atoms with E-state index in [4.69, 9.17) is 5.73 Å². The van der Waals surface area contributed by atoms with Gasteiger partial charge in [-0.1, -0.05) is 31.4 Å². The number of nitrogens with two attached hydrogens (primary N) is 1. The third-order valence-corrected chi connectivity index (χ3v) is 5.42. The third kappa shape index (κ3) is 4.16. The van der Waals surface area contributed by atoms with Crippen LogP contribution in [0, 0.1) is 5.41 Å². The van der Waals surface area contributed by atoms with E-state index in [2.05, 4.69) is 24.1 Å². The molecule has 0 spiro atoms. The van der Waals surface area contributed by atoms with Gasteiger partial charge in [-0.3, -0.25) is 4.79 Å². The molecule has 2 N–H and O–H groups in total. The lowest BCUT2D eigenvalue weighted by Crippen LogP contribution is -2.46. The molecule has 2 aliphatic rings. The van der Waals surface area contributed by atoms with Crippen molar-refractivity contribution in [1.82, 2.24) is 0 Å². The van der Waals surface area contributed by atoms with E-state index in [0.717, 1.165) is 37.3 Å². The topological polar surface area (TPSA) is 49.6 Å². The smallest absolute Gasteiger partial charge is 0.227 e. The van der Waals surface area contributed by atoms with Gasteiger partial charge in [0.25, 0.3) is 0 Å². The number of anilines is 2. The van der Waals surface area contributed by atoms with Gasteiger partial charge in [0.2, 0.25) is 5.91 Å². The SMILES string of the molecule is CN1CCN(C(=O)CC2(CN)CCCCC2)c2ccccc21.Cl.Cl. The van der Waals surface area contributed by atoms with Crippen LogP contribution in [0.5, 0.6) is 0 Å². The molecule has 0 unspecified atom stereocenters. The van der Waals surface area contributed by atoms with Crippen LogP contribution in [0.25, 0.3) is 0 Å². The van der Waals surface area contributed by atoms with Crippen LogP contribution in [-0.2, 0) is 4.79 Å². The summed E-state index contributed by atoms with van der Waals surface area (Å²) >= 11 is 0. The van der Waals surface area contributed by atoms with Gasteiger partial charge >= 0.3 is 0 Å². The molecule has 1 saturated carbocycles. The second kappa shape index (κ2) is 8.93. The van der Waals surface area contributed by atoms with Gasteiger partial charge in [-0.05, 0) is 36.9 Å². The Morgan fingerprint density at radius 1 is 1.08 bits per heavy atom. The summed E-state index contributed by atoms with van der Waals surface area (Å²) in [7, 11) is 2.09. The highest BCUT2D eigenvalue weighted by molar-refractivity contribution is 5.98. The predicted molar refractivity (Wildman–Crippen MR) is 106 cm³/mol. The quantitative estimate of drug-likeness (QED) is 0.879. The molecule has 3 rings (SSSR count). The van der Waals surface area contributed by atoms with Crippen LogP contribution in [0.2, 0.25) is 0 Å². The minimum Gasteiger partial charge on any atom is -0.371 e. The minimum atomic E-state index is 0. The van der Waals surface area contributed by atoms with E-state index < -0.39 is 0 Å². The molecule has 136 valence electrons. The average molecular weight is 374 g/mol. The maximum absolute atomic E-state index is 13.0. The average Bonchev–Trinajstić information content (AvgIpc) is 2.56. The Bertz CT molecular complexity index is 547. The molecule has 6 heteroatoms. The van der Waals surface area contributed by atoms with Crippen molar-refractivity contribution in [3.8, 4) is 0 Å². The summed E-state index contributed by atoms with van der Waals surface area (Å²) < 4.78 is 0. The molecule has 1 amide bonds. The molecule has 1 aliphatic heterocycles. The Morgan fingerprint density at radius 3 is 2.33 bits per heavy atom. The van der Waals surface area contributed by atoms with Crippen LogP contribution in [0.1, 0.15) is 38.5 Å². The number of hydrogen-bond acceptors (Lipinski definition) is 3. The van der Waals surface area contributed by atoms with Crippen LogP contribution in [0.15, 0.2) is 24.3 Å². The molecule has 1 aromatic rings. The molecule has 0 bridgehead atoms. The van der Waals surface area contributed by atoms with Crippen molar-refractivity contribution in [1.29, 1.82) is 0 Å². The molecule has 1 fully saturated rings. The highest BCUT2D eigenvalue weighted by Gasteiger charge is 2.35. The molecule has 0 radical (unpaired) electrons. The summed E-state index contributed by atoms with van der Waals surface area (Å²) in [6.07, 6.45) is 6.51. The second-order valence-electron chi connectivity index (χ2n) is 6.90. The molecule has 0 saturated heterocycles. The van der Waals surface area contributed by atoms with Crippen molar-refractivity contribution in [2.75, 3.05) is 36.5 Å². The van der Waals surface area contributed by atoms with Gasteiger partial charge in [0.1, 0.15) is 0 Å². The van der Waals surface area contributed by atoms with Crippen molar-refractivity contribution in [2.24, 2.45) is 11.1 Å². The standard InChI is InChI=1S/C18H27N3O.2ClH/c1-20-11-12-21(16-8-4-3-7-15(16)20)17(22)13-18(14-19)9-5-2-6-10-18;;/h3-4,7-8H,2,5-6,9-14,19H2,1H3;2*1H. The Morgan fingerprint density at radius 2 is 1.71 bits per heavy atom. The number of nitrogens with zero attached hydrogens (tertiary/aromatic N) is 2. The Kier molecular flexibility index (Phi) is 7.84. The fourth-order valence-corrected chi connectivity index (χ4v) is 3.94. The lowest BCUT2D eigenvalue weighted by molar-refractivity contribution is -0.121. The molecule has 1 aliphatic carbocycles. The first-order chi connectivity index (χ1) is 10.7. The zero-order valence-corrected chi connectivity index (χ0v) is 16.0. The summed E-state index contributed by atoms with van der Waals surface area (Å²) in [5, 5.41) is 0. The number of fused-ring (bicyclic) bond motifs is 1. The number of carbonyl (C=O) groups excluding carboxylic acids is 1. The Hall–Kier alpha value is -0.970. The molecule has 0 atom stereocenters. The first kappa shape index (κ1) is 21.1. The number of benzene rings is 1. The minimum absolute atomic E-state index is 0. The second-order valence-corrected chi connectivity index (χ2v) is 6.90. The van der Waals surface area contributed by atoms with Gasteiger partial charge in [-0.2, -0.15) is 0 Å². The number of para-hydroxylation sites is 2. The molecule has 1 aromatic carbocycles. The maximum atomic E-state index is 13.0. The lowest BCUT2D eigenvalue weighted by atomic mass is 9.71. The summed E-state index contributed by atoms with van der Waals surface area (Å²) in [6.45, 7) is 2.29. The number of hydrogen-bond donors (Lipinski definition) is 1. The van der Waals surface area contributed by atoms with Crippen molar-refractivity contribution in [2.45, 2.75) is 38.5 Å². The van der Waals surface area contributed by atoms with Crippen molar-refractivity contribution in [3.05, 3.63) is 24.3 Å². The Labute approximate surface area is 157 Å². The van der Waals surface area contributed by atoms with E-state index in [9.17, 15) is 4.79 Å². The van der Waals surface area contributed by atoms with Crippen LogP contribution in [0.4, 0.5) is 11.4 Å². The maximum Gasteiger partial charge on any atom is 0.227 e. The van der Waals surface area contributed by atoms with Gasteiger partial charge in [0.05, 0.1) is 11.4 Å². The number of likely N-dealkylation sites (N-methyl/N-ethyl adjacent to an activating group) is 1. The van der Waals surface area contributed by atoms with Crippen molar-refractivity contribution >= 4 is 42.1 Å². The summed E-state index contributed by atoms with van der Waals surface area (Å²) in [5.41, 5.74) is 8.28. The largest absolute Gasteiger partial charge is 0.371 e. The molecule has 4 nitrogen and oxygen atoms in total. The zero-order chi connectivity index (χ0) is 15.6. The fourth-order valence-electron chi connectivity index (χ4n) is 3.94. The number of carbonyl (C=O) groups is 1. The molecule has 24 heavy (non-hydrogen) atoms. The summed E-state index contributed by atoms with van der Waals surface area (Å²) in [6, 6.07) is 8.19. The summed E-state index contributed by atoms with van der Waals surface area (Å²) in [5.74, 6) is 0.243. The van der Waals surface area contributed by atoms with E-state index >= 15 is 0 Å². The van der Waals surface area contributed by atoms with Crippen LogP contribution < -0.4 is 15.5 Å². The van der Waals surface area contributed by atoms with Gasteiger partial charge in [0, 0.05) is 26.6 Å². The van der Waals surface area contributed by atoms with Gasteiger partial charge in [-0.15, -0.1) is 24.8 Å². The Balaban J connectivity index is 0.00000144. The lowest BCUT2D eigenvalue weighted by Gasteiger charge is -2.40. The number of halogens is 2. The molecule has 1 heterocycles. The highest BCUT2D eigenvalue weighted by Crippen LogP contribution is 2.40. The van der Waals surface area contributed by atoms with Gasteiger partial charge < -0.3 is 15.5 Å². The number of rotatable bonds is 3. The normalized spacial score (nSPS) is 18.9. The van der Waals surface area contributed by atoms with E-state index in [1.54, 1.807) is 0 Å². The first-order valence-corrected chi connectivity index (χ1v) is 8.46. The first-order valence-electron chi connectivity index (χ1n) is 8.46. The van der Waals surface area contributed by atoms with Crippen LogP contribution >= 0.6 is 24.8 Å². The van der Waals surface area contributed by atoms with E-state index in [1.807, 2.05) is 17.0 Å². The van der Waals surface area contributed by atoms with Gasteiger partial charge in [-0.25, -0.2) is 0 Å². The molecule has 0 aromatic heterocycles. The molecular weight excluding hydrogens is 345 g/mol. The molecular formula is C18H29Cl2N3O. The van der Waals surface area contributed by atoms with E-state index in [0.29, 0.717) is 13.0 Å². The van der Waals surface area contributed by atoms with E-state index in [1.165, 1.54) is 19.3 Å². The monoisotopic (exact) mass is 373 g/mol. The van der Waals surface area contributed by atoms with Crippen LogP contribution in [0.3, 0.4) is 0 Å². The van der Waals surface area contributed by atoms with Gasteiger partial charge in [0.15, 0.2) is 0 Å². The van der Waals surface area contributed by atoms with Crippen LogP contribution in [-0.4, -0.2) is 32.6 Å². The number of amides is 1. The van der Waals surface area contributed by atoms with E-state index in [-0.39, 0.29) is 36.1 Å². The third-order valence-electron chi connectivity index (χ3n) is 5.42. The summed E-state index contributed by atoms with van der Waals surface area (Å²) in [4.78, 5) is 17.1. The van der Waals surface area contributed by atoms with Crippen molar-refractivity contribution in [3.63, 3.8) is 0 Å². The fraction of sp³-hybridized carbons (Fsp3) is 0.611. The van der Waals surface area contributed by atoms with Crippen molar-refractivity contribution < 1.29 is 4.79 Å².